The van der Waals surface area contributed by atoms with Crippen molar-refractivity contribution in [2.75, 3.05) is 23.3 Å². The van der Waals surface area contributed by atoms with Crippen molar-refractivity contribution in [2.24, 2.45) is 5.92 Å². The fraction of sp³-hybridized carbons (Fsp3) is 0.375. The Kier molecular flexibility index (Phi) is 4.75. The molecule has 1 aliphatic rings. The second-order valence-corrected chi connectivity index (χ2v) is 6.63. The number of alkyl halides is 3. The minimum atomic E-state index is -4.36. The van der Waals surface area contributed by atoms with Crippen LogP contribution in [0.1, 0.15) is 17.7 Å². The van der Waals surface area contributed by atoms with Crippen molar-refractivity contribution in [2.45, 2.75) is 19.0 Å². The highest BCUT2D eigenvalue weighted by Gasteiger charge is 2.34. The molecule has 0 radical (unpaired) electrons. The van der Waals surface area contributed by atoms with Crippen molar-refractivity contribution in [3.63, 3.8) is 0 Å². The van der Waals surface area contributed by atoms with E-state index in [0.29, 0.717) is 42.4 Å². The van der Waals surface area contributed by atoms with Gasteiger partial charge in [0.1, 0.15) is 4.88 Å². The first kappa shape index (κ1) is 16.8. The molecule has 0 spiro atoms. The lowest BCUT2D eigenvalue weighted by molar-refractivity contribution is -0.134. The van der Waals surface area contributed by atoms with Crippen LogP contribution in [0.3, 0.4) is 0 Å². The number of hydrogen-bond donors (Lipinski definition) is 1. The second-order valence-electron chi connectivity index (χ2n) is 5.62. The lowest BCUT2D eigenvalue weighted by Gasteiger charge is -2.31. The number of halogens is 3. The summed E-state index contributed by atoms with van der Waals surface area (Å²) in [4.78, 5) is 17.2. The van der Waals surface area contributed by atoms with E-state index in [2.05, 4.69) is 10.3 Å². The third kappa shape index (κ3) is 3.87. The molecule has 1 saturated heterocycles. The van der Waals surface area contributed by atoms with Gasteiger partial charge < -0.3 is 10.2 Å². The molecule has 3 rings (SSSR count). The monoisotopic (exact) mass is 355 g/mol. The van der Waals surface area contributed by atoms with Gasteiger partial charge in [0.05, 0.1) is 6.20 Å². The number of piperidine rings is 1. The molecule has 1 aromatic heterocycles. The highest BCUT2D eigenvalue weighted by atomic mass is 32.1. The van der Waals surface area contributed by atoms with Crippen LogP contribution in [-0.2, 0) is 11.0 Å². The number of rotatable bonds is 3. The van der Waals surface area contributed by atoms with Gasteiger partial charge in [0.25, 0.3) is 0 Å². The Labute approximate surface area is 141 Å². The zero-order chi connectivity index (χ0) is 17.2. The van der Waals surface area contributed by atoms with E-state index >= 15 is 0 Å². The van der Waals surface area contributed by atoms with Crippen LogP contribution in [-0.4, -0.2) is 24.0 Å². The van der Waals surface area contributed by atoms with E-state index in [-0.39, 0.29) is 11.8 Å². The molecule has 0 aliphatic carbocycles. The number of hydrogen-bond acceptors (Lipinski definition) is 4. The van der Waals surface area contributed by atoms with E-state index in [1.807, 2.05) is 35.2 Å². The Morgan fingerprint density at radius 1 is 1.21 bits per heavy atom. The van der Waals surface area contributed by atoms with Crippen LogP contribution in [0.15, 0.2) is 36.5 Å². The molecule has 0 saturated carbocycles. The fourth-order valence-corrected chi connectivity index (χ4v) is 3.48. The average molecular weight is 355 g/mol. The lowest BCUT2D eigenvalue weighted by Crippen LogP contribution is -2.38. The minimum Gasteiger partial charge on any atom is -0.348 e. The predicted molar refractivity (Wildman–Crippen MR) is 87.1 cm³/mol. The van der Waals surface area contributed by atoms with Crippen molar-refractivity contribution in [3.8, 4) is 0 Å². The van der Waals surface area contributed by atoms with Gasteiger partial charge in [-0.05, 0) is 25.0 Å². The predicted octanol–water partition coefficient (Wildman–Crippen LogP) is 4.02. The number of carbonyl (C=O) groups is 1. The number of carbonyl (C=O) groups excluding carboxylic acids is 1. The number of nitrogens with zero attached hydrogens (tertiary/aromatic N) is 2. The van der Waals surface area contributed by atoms with Gasteiger partial charge in [-0.1, -0.05) is 29.5 Å². The molecular weight excluding hydrogens is 339 g/mol. The maximum atomic E-state index is 12.6. The molecule has 1 aromatic carbocycles. The van der Waals surface area contributed by atoms with Gasteiger partial charge in [0, 0.05) is 24.7 Å². The Morgan fingerprint density at radius 3 is 2.46 bits per heavy atom. The van der Waals surface area contributed by atoms with Crippen molar-refractivity contribution < 1.29 is 18.0 Å². The molecule has 4 nitrogen and oxygen atoms in total. The van der Waals surface area contributed by atoms with Crippen LogP contribution in [0.25, 0.3) is 0 Å². The summed E-state index contributed by atoms with van der Waals surface area (Å²) < 4.78 is 37.9. The van der Waals surface area contributed by atoms with Gasteiger partial charge in [-0.3, -0.25) is 4.79 Å². The van der Waals surface area contributed by atoms with Crippen LogP contribution in [0.5, 0.6) is 0 Å². The van der Waals surface area contributed by atoms with E-state index in [9.17, 15) is 18.0 Å². The standard InChI is InChI=1S/C16H16F3N3OS/c17-16(18,19)13-10-20-15(24-13)22-8-6-11(7-9-22)14(23)21-12-4-2-1-3-5-12/h1-5,10-11H,6-9H2,(H,21,23). The van der Waals surface area contributed by atoms with E-state index in [0.717, 1.165) is 11.9 Å². The highest BCUT2D eigenvalue weighted by molar-refractivity contribution is 7.15. The molecule has 0 atom stereocenters. The molecule has 1 aliphatic heterocycles. The van der Waals surface area contributed by atoms with Crippen LogP contribution in [0.2, 0.25) is 0 Å². The zero-order valence-electron chi connectivity index (χ0n) is 12.7. The zero-order valence-corrected chi connectivity index (χ0v) is 13.5. The first-order valence-corrected chi connectivity index (χ1v) is 8.39. The summed E-state index contributed by atoms with van der Waals surface area (Å²) >= 11 is 0.648. The Hall–Kier alpha value is -2.09. The smallest absolute Gasteiger partial charge is 0.348 e. The quantitative estimate of drug-likeness (QED) is 0.905. The van der Waals surface area contributed by atoms with Gasteiger partial charge >= 0.3 is 6.18 Å². The third-order valence-corrected chi connectivity index (χ3v) is 5.05. The normalized spacial score (nSPS) is 16.2. The Balaban J connectivity index is 1.56. The summed E-state index contributed by atoms with van der Waals surface area (Å²) in [6, 6.07) is 9.21. The van der Waals surface area contributed by atoms with Crippen molar-refractivity contribution in [3.05, 3.63) is 41.4 Å². The maximum absolute atomic E-state index is 12.6. The Bertz CT molecular complexity index is 694. The number of amides is 1. The molecular formula is C16H16F3N3OS. The number of benzene rings is 1. The van der Waals surface area contributed by atoms with E-state index in [1.165, 1.54) is 0 Å². The van der Waals surface area contributed by atoms with Crippen LogP contribution in [0.4, 0.5) is 24.0 Å². The number of nitrogens with one attached hydrogen (secondary N) is 1. The largest absolute Gasteiger partial charge is 0.427 e. The SMILES string of the molecule is O=C(Nc1ccccc1)C1CCN(c2ncc(C(F)(F)F)s2)CC1. The molecule has 128 valence electrons. The van der Waals surface area contributed by atoms with Gasteiger partial charge in [-0.2, -0.15) is 13.2 Å². The fourth-order valence-electron chi connectivity index (χ4n) is 2.64. The number of para-hydroxylation sites is 1. The van der Waals surface area contributed by atoms with Crippen molar-refractivity contribution >= 4 is 28.1 Å². The Morgan fingerprint density at radius 2 is 1.88 bits per heavy atom. The molecule has 2 heterocycles. The van der Waals surface area contributed by atoms with E-state index in [1.54, 1.807) is 0 Å². The van der Waals surface area contributed by atoms with Crippen molar-refractivity contribution in [1.82, 2.24) is 4.98 Å². The van der Waals surface area contributed by atoms with Crippen LogP contribution >= 0.6 is 11.3 Å². The number of anilines is 2. The van der Waals surface area contributed by atoms with Gasteiger partial charge in [-0.25, -0.2) is 4.98 Å². The van der Waals surface area contributed by atoms with E-state index in [4.69, 9.17) is 0 Å². The minimum absolute atomic E-state index is 0.0454. The molecule has 1 N–H and O–H groups in total. The summed E-state index contributed by atoms with van der Waals surface area (Å²) in [7, 11) is 0. The van der Waals surface area contributed by atoms with Crippen LogP contribution in [0, 0.1) is 5.92 Å². The molecule has 1 amide bonds. The summed E-state index contributed by atoms with van der Waals surface area (Å²) in [5.41, 5.74) is 0.750. The topological polar surface area (TPSA) is 45.2 Å². The van der Waals surface area contributed by atoms with Crippen molar-refractivity contribution in [1.29, 1.82) is 0 Å². The van der Waals surface area contributed by atoms with Gasteiger partial charge in [0.2, 0.25) is 5.91 Å². The summed E-state index contributed by atoms with van der Waals surface area (Å²) in [5.74, 6) is -0.181. The molecule has 2 aromatic rings. The summed E-state index contributed by atoms with van der Waals surface area (Å²) in [6.45, 7) is 1.05. The first-order chi connectivity index (χ1) is 11.4. The maximum Gasteiger partial charge on any atom is 0.427 e. The number of aromatic nitrogens is 1. The number of thiazole rings is 1. The summed E-state index contributed by atoms with van der Waals surface area (Å²) in [5, 5.41) is 3.24. The van der Waals surface area contributed by atoms with Gasteiger partial charge in [0.15, 0.2) is 5.13 Å². The second kappa shape index (κ2) is 6.80. The molecule has 1 fully saturated rings. The summed E-state index contributed by atoms with van der Waals surface area (Å²) in [6.07, 6.45) is -2.29. The molecule has 0 bridgehead atoms. The first-order valence-electron chi connectivity index (χ1n) is 7.57. The lowest BCUT2D eigenvalue weighted by atomic mass is 9.96. The molecule has 24 heavy (non-hydrogen) atoms. The van der Waals surface area contributed by atoms with E-state index < -0.39 is 11.1 Å². The van der Waals surface area contributed by atoms with Crippen LogP contribution < -0.4 is 10.2 Å². The highest BCUT2D eigenvalue weighted by Crippen LogP contribution is 2.37. The van der Waals surface area contributed by atoms with Gasteiger partial charge in [-0.15, -0.1) is 0 Å². The third-order valence-electron chi connectivity index (χ3n) is 3.95. The molecule has 8 heteroatoms. The molecule has 0 unspecified atom stereocenters. The average Bonchev–Trinajstić information content (AvgIpc) is 3.06.